The molecule has 1 aliphatic carbocycles. The number of rotatable bonds is 2. The maximum Gasteiger partial charge on any atom is 0.368 e. The number of benzene rings is 1. The first-order valence-corrected chi connectivity index (χ1v) is 6.05. The monoisotopic (exact) mass is 266 g/mol. The number of alkyl halides is 2. The fourth-order valence-corrected chi connectivity index (χ4v) is 2.45. The predicted molar refractivity (Wildman–Crippen MR) is 53.9 cm³/mol. The van der Waals surface area contributed by atoms with Crippen LogP contribution >= 0.6 is 0 Å². The molecular formula is C10H9F3O3S. The summed E-state index contributed by atoms with van der Waals surface area (Å²) in [6.07, 6.45) is -0.992. The minimum atomic E-state index is -4.08. The number of hydrogen-bond acceptors (Lipinski definition) is 3. The number of fused-ring (bicyclic) bond motifs is 1. The molecule has 1 aliphatic rings. The van der Waals surface area contributed by atoms with Crippen molar-refractivity contribution in [2.75, 3.05) is 0 Å². The molecule has 0 radical (unpaired) electrons. The quantitative estimate of drug-likeness (QED) is 0.797. The van der Waals surface area contributed by atoms with E-state index in [2.05, 4.69) is 0 Å². The Bertz CT molecular complexity index is 532. The van der Waals surface area contributed by atoms with Crippen LogP contribution in [0.3, 0.4) is 0 Å². The Labute approximate surface area is 96.8 Å². The van der Waals surface area contributed by atoms with Crippen LogP contribution < -0.4 is 0 Å². The molecule has 0 aliphatic heterocycles. The van der Waals surface area contributed by atoms with Crippen molar-refractivity contribution in [1.29, 1.82) is 0 Å². The normalized spacial score (nSPS) is 19.7. The molecule has 0 saturated heterocycles. The van der Waals surface area contributed by atoms with E-state index in [4.69, 9.17) is 0 Å². The van der Waals surface area contributed by atoms with E-state index >= 15 is 0 Å². The van der Waals surface area contributed by atoms with E-state index in [1.165, 1.54) is 0 Å². The van der Waals surface area contributed by atoms with E-state index < -0.39 is 33.4 Å². The maximum absolute atomic E-state index is 13.4. The summed E-state index contributed by atoms with van der Waals surface area (Å²) in [7, 11) is -4.02. The van der Waals surface area contributed by atoms with Crippen LogP contribution in [0.1, 0.15) is 29.2 Å². The second-order valence-corrected chi connectivity index (χ2v) is 4.92. The van der Waals surface area contributed by atoms with Crippen LogP contribution in [0.15, 0.2) is 12.1 Å². The van der Waals surface area contributed by atoms with Crippen molar-refractivity contribution >= 4 is 10.7 Å². The summed E-state index contributed by atoms with van der Waals surface area (Å²) >= 11 is 0. The van der Waals surface area contributed by atoms with E-state index in [0.29, 0.717) is 6.07 Å². The largest absolute Gasteiger partial charge is 0.388 e. The van der Waals surface area contributed by atoms with Crippen molar-refractivity contribution in [3.8, 4) is 0 Å². The molecule has 0 heterocycles. The van der Waals surface area contributed by atoms with Gasteiger partial charge < -0.3 is 5.11 Å². The molecule has 1 N–H and O–H groups in total. The molecule has 0 aromatic heterocycles. The molecule has 94 valence electrons. The molecule has 0 spiro atoms. The maximum atomic E-state index is 13.4. The van der Waals surface area contributed by atoms with Gasteiger partial charge in [0.15, 0.2) is 0 Å². The van der Waals surface area contributed by atoms with Gasteiger partial charge in [0, 0.05) is 5.56 Å². The average Bonchev–Trinajstić information content (AvgIpc) is 2.62. The van der Waals surface area contributed by atoms with Gasteiger partial charge in [0.25, 0.3) is 0 Å². The zero-order valence-corrected chi connectivity index (χ0v) is 9.39. The third-order valence-corrected chi connectivity index (χ3v) is 3.55. The topological polar surface area (TPSA) is 54.4 Å². The first kappa shape index (κ1) is 12.4. The van der Waals surface area contributed by atoms with Gasteiger partial charge in [-0.2, -0.15) is 8.78 Å². The van der Waals surface area contributed by atoms with Crippen LogP contribution in [0.2, 0.25) is 0 Å². The summed E-state index contributed by atoms with van der Waals surface area (Å²) in [6.45, 7) is 0. The SMILES string of the molecule is O=[SH](=O)C(F)(F)c1ccc(F)c2c1[C@H](O)CC2. The second kappa shape index (κ2) is 3.99. The van der Waals surface area contributed by atoms with E-state index in [0.717, 1.165) is 6.07 Å². The van der Waals surface area contributed by atoms with Crippen LogP contribution in [-0.2, 0) is 22.4 Å². The Morgan fingerprint density at radius 3 is 2.59 bits per heavy atom. The van der Waals surface area contributed by atoms with Crippen molar-refractivity contribution in [3.63, 3.8) is 0 Å². The molecule has 17 heavy (non-hydrogen) atoms. The van der Waals surface area contributed by atoms with Crippen LogP contribution in [-0.4, -0.2) is 13.5 Å². The van der Waals surface area contributed by atoms with E-state index in [1.54, 1.807) is 0 Å². The minimum absolute atomic E-state index is 0.0217. The summed E-state index contributed by atoms with van der Waals surface area (Å²) < 4.78 is 61.2. The lowest BCUT2D eigenvalue weighted by Gasteiger charge is -2.16. The second-order valence-electron chi connectivity index (χ2n) is 3.84. The molecule has 0 unspecified atom stereocenters. The molecule has 0 bridgehead atoms. The van der Waals surface area contributed by atoms with Crippen LogP contribution in [0.5, 0.6) is 0 Å². The summed E-state index contributed by atoms with van der Waals surface area (Å²) in [6, 6.07) is 1.52. The zero-order chi connectivity index (χ0) is 12.8. The number of thiol groups is 1. The Balaban J connectivity index is 2.70. The molecule has 0 saturated carbocycles. The fourth-order valence-electron chi connectivity index (χ4n) is 2.06. The molecule has 1 atom stereocenters. The van der Waals surface area contributed by atoms with E-state index in [-0.39, 0.29) is 24.0 Å². The highest BCUT2D eigenvalue weighted by molar-refractivity contribution is 7.73. The average molecular weight is 266 g/mol. The van der Waals surface area contributed by atoms with Crippen molar-refractivity contribution in [3.05, 3.63) is 34.6 Å². The van der Waals surface area contributed by atoms with Crippen molar-refractivity contribution in [2.24, 2.45) is 0 Å². The van der Waals surface area contributed by atoms with Crippen LogP contribution in [0.4, 0.5) is 13.2 Å². The summed E-state index contributed by atoms with van der Waals surface area (Å²) in [5, 5.41) is 5.45. The zero-order valence-electron chi connectivity index (χ0n) is 8.49. The predicted octanol–water partition coefficient (Wildman–Crippen LogP) is 1.47. The first-order chi connectivity index (χ1) is 7.85. The molecule has 0 fully saturated rings. The Hall–Kier alpha value is -1.08. The summed E-state index contributed by atoms with van der Waals surface area (Å²) in [4.78, 5) is 0. The third kappa shape index (κ3) is 1.83. The lowest BCUT2D eigenvalue weighted by Crippen LogP contribution is -2.19. The van der Waals surface area contributed by atoms with Crippen LogP contribution in [0.25, 0.3) is 0 Å². The Morgan fingerprint density at radius 2 is 2.00 bits per heavy atom. The summed E-state index contributed by atoms with van der Waals surface area (Å²) in [5.74, 6) is -0.697. The fraction of sp³-hybridized carbons (Fsp3) is 0.400. The van der Waals surface area contributed by atoms with Crippen molar-refractivity contribution in [2.45, 2.75) is 24.2 Å². The van der Waals surface area contributed by atoms with E-state index in [9.17, 15) is 26.7 Å². The first-order valence-electron chi connectivity index (χ1n) is 4.88. The standard InChI is InChI=1S/C10H9F3O3S/c11-7-3-2-6(10(12,13)17(15)16)9-5(7)1-4-8(9)14/h2-3,8,14,17H,1,4H2/t8-/m1/s1. The van der Waals surface area contributed by atoms with Crippen molar-refractivity contribution in [1.82, 2.24) is 0 Å². The van der Waals surface area contributed by atoms with Gasteiger partial charge in [-0.25, -0.2) is 12.8 Å². The number of hydrogen-bond donors (Lipinski definition) is 2. The minimum Gasteiger partial charge on any atom is -0.388 e. The third-order valence-electron chi connectivity index (χ3n) is 2.85. The molecule has 0 amide bonds. The van der Waals surface area contributed by atoms with Gasteiger partial charge in [-0.15, -0.1) is 0 Å². The lowest BCUT2D eigenvalue weighted by atomic mass is 10.0. The van der Waals surface area contributed by atoms with Gasteiger partial charge in [-0.05, 0) is 36.1 Å². The Kier molecular flexibility index (Phi) is 2.90. The highest BCUT2D eigenvalue weighted by Crippen LogP contribution is 2.42. The molecule has 2 rings (SSSR count). The number of aliphatic hydroxyl groups excluding tert-OH is 1. The molecular weight excluding hydrogens is 257 g/mol. The molecule has 7 heteroatoms. The van der Waals surface area contributed by atoms with Crippen LogP contribution in [0, 0.1) is 5.82 Å². The van der Waals surface area contributed by atoms with Crippen molar-refractivity contribution < 1.29 is 26.7 Å². The lowest BCUT2D eigenvalue weighted by molar-refractivity contribution is 0.0890. The van der Waals surface area contributed by atoms with Gasteiger partial charge in [-0.3, -0.25) is 0 Å². The highest BCUT2D eigenvalue weighted by atomic mass is 32.2. The van der Waals surface area contributed by atoms with Gasteiger partial charge in [-0.1, -0.05) is 0 Å². The van der Waals surface area contributed by atoms with Gasteiger partial charge in [0.05, 0.1) is 6.10 Å². The Morgan fingerprint density at radius 1 is 1.35 bits per heavy atom. The number of aliphatic hydroxyl groups is 1. The van der Waals surface area contributed by atoms with Gasteiger partial charge in [0.1, 0.15) is 5.82 Å². The highest BCUT2D eigenvalue weighted by Gasteiger charge is 2.42. The van der Waals surface area contributed by atoms with E-state index in [1.807, 2.05) is 0 Å². The molecule has 3 nitrogen and oxygen atoms in total. The van der Waals surface area contributed by atoms with Gasteiger partial charge >= 0.3 is 5.25 Å². The number of halogens is 3. The summed E-state index contributed by atoms with van der Waals surface area (Å²) in [5.41, 5.74) is -1.13. The smallest absolute Gasteiger partial charge is 0.368 e. The van der Waals surface area contributed by atoms with Gasteiger partial charge in [0.2, 0.25) is 10.7 Å². The molecule has 1 aromatic carbocycles. The molecule has 1 aromatic rings.